The molecule has 2 aliphatic rings. The first-order chi connectivity index (χ1) is 11.4. The van der Waals surface area contributed by atoms with E-state index in [-0.39, 0.29) is 23.7 Å². The molecule has 0 saturated heterocycles. The number of carboxylic acid groups (broad SMARTS) is 1. The van der Waals surface area contributed by atoms with Crippen molar-refractivity contribution in [3.8, 4) is 0 Å². The molecule has 24 heavy (non-hydrogen) atoms. The summed E-state index contributed by atoms with van der Waals surface area (Å²) in [6.07, 6.45) is 4.58. The van der Waals surface area contributed by atoms with Crippen LogP contribution in [0.3, 0.4) is 0 Å². The first-order valence-electron chi connectivity index (χ1n) is 7.97. The highest BCUT2D eigenvalue weighted by molar-refractivity contribution is 5.97. The van der Waals surface area contributed by atoms with Crippen LogP contribution in [-0.2, 0) is 14.4 Å². The Morgan fingerprint density at radius 1 is 1.08 bits per heavy atom. The van der Waals surface area contributed by atoms with Gasteiger partial charge in [0.1, 0.15) is 0 Å². The van der Waals surface area contributed by atoms with Crippen LogP contribution in [0.1, 0.15) is 18.9 Å². The molecule has 3 N–H and O–H groups in total. The van der Waals surface area contributed by atoms with Crippen molar-refractivity contribution in [1.29, 1.82) is 0 Å². The van der Waals surface area contributed by atoms with E-state index in [0.717, 1.165) is 12.0 Å². The Bertz CT molecular complexity index is 741. The van der Waals surface area contributed by atoms with Crippen LogP contribution in [0.4, 0.5) is 11.4 Å². The van der Waals surface area contributed by atoms with E-state index in [1.807, 2.05) is 19.1 Å². The van der Waals surface area contributed by atoms with Crippen molar-refractivity contribution in [1.82, 2.24) is 0 Å². The van der Waals surface area contributed by atoms with Gasteiger partial charge in [0, 0.05) is 18.3 Å². The zero-order valence-electron chi connectivity index (χ0n) is 13.6. The Morgan fingerprint density at radius 2 is 1.75 bits per heavy atom. The summed E-state index contributed by atoms with van der Waals surface area (Å²) in [5.41, 5.74) is 2.06. The van der Waals surface area contributed by atoms with Gasteiger partial charge < -0.3 is 15.7 Å². The number of carbonyl (C=O) groups is 3. The Balaban J connectivity index is 1.79. The van der Waals surface area contributed by atoms with E-state index in [2.05, 4.69) is 10.6 Å². The maximum absolute atomic E-state index is 12.6. The van der Waals surface area contributed by atoms with Gasteiger partial charge in [-0.1, -0.05) is 18.2 Å². The summed E-state index contributed by atoms with van der Waals surface area (Å²) in [4.78, 5) is 35.4. The zero-order valence-corrected chi connectivity index (χ0v) is 13.6. The molecule has 3 rings (SSSR count). The second kappa shape index (κ2) is 6.11. The van der Waals surface area contributed by atoms with Crippen LogP contribution in [0.2, 0.25) is 0 Å². The fourth-order valence-corrected chi connectivity index (χ4v) is 3.77. The molecule has 0 aromatic heterocycles. The molecule has 2 bridgehead atoms. The summed E-state index contributed by atoms with van der Waals surface area (Å²) in [6.45, 7) is 3.28. The number of anilines is 2. The number of aryl methyl sites for hydroxylation is 1. The minimum Gasteiger partial charge on any atom is -0.481 e. The molecule has 0 spiro atoms. The first kappa shape index (κ1) is 16.2. The van der Waals surface area contributed by atoms with Crippen molar-refractivity contribution in [3.63, 3.8) is 0 Å². The lowest BCUT2D eigenvalue weighted by Crippen LogP contribution is -2.36. The molecule has 1 saturated carbocycles. The van der Waals surface area contributed by atoms with E-state index >= 15 is 0 Å². The van der Waals surface area contributed by atoms with Gasteiger partial charge in [0.25, 0.3) is 0 Å². The minimum atomic E-state index is -0.921. The van der Waals surface area contributed by atoms with Crippen LogP contribution in [0.25, 0.3) is 0 Å². The van der Waals surface area contributed by atoms with Crippen molar-refractivity contribution < 1.29 is 19.5 Å². The van der Waals surface area contributed by atoms with Crippen LogP contribution >= 0.6 is 0 Å². The smallest absolute Gasteiger partial charge is 0.307 e. The van der Waals surface area contributed by atoms with E-state index in [1.165, 1.54) is 6.92 Å². The van der Waals surface area contributed by atoms with Gasteiger partial charge in [-0.2, -0.15) is 0 Å². The van der Waals surface area contributed by atoms with Crippen LogP contribution < -0.4 is 10.6 Å². The quantitative estimate of drug-likeness (QED) is 0.740. The molecule has 0 aliphatic heterocycles. The largest absolute Gasteiger partial charge is 0.481 e. The summed E-state index contributed by atoms with van der Waals surface area (Å²) < 4.78 is 0. The standard InChI is InChI=1S/C18H20N2O4/c1-9-3-6-13(8-14(9)19-10(2)21)20-17(22)15-11-4-5-12(7-11)16(15)18(23)24/h3-6,8,11-12,15-16H,7H2,1-2H3,(H,19,21)(H,20,22)(H,23,24)/t11-,12-,15+,16-/m0/s1. The molecule has 2 aliphatic carbocycles. The van der Waals surface area contributed by atoms with Gasteiger partial charge in [-0.25, -0.2) is 0 Å². The van der Waals surface area contributed by atoms with E-state index in [0.29, 0.717) is 11.4 Å². The van der Waals surface area contributed by atoms with Gasteiger partial charge in [-0.15, -0.1) is 0 Å². The van der Waals surface area contributed by atoms with Crippen LogP contribution in [0.15, 0.2) is 30.4 Å². The van der Waals surface area contributed by atoms with Gasteiger partial charge in [0.15, 0.2) is 0 Å². The number of benzene rings is 1. The van der Waals surface area contributed by atoms with Gasteiger partial charge >= 0.3 is 5.97 Å². The summed E-state index contributed by atoms with van der Waals surface area (Å²) in [7, 11) is 0. The number of hydrogen-bond donors (Lipinski definition) is 3. The summed E-state index contributed by atoms with van der Waals surface area (Å²) >= 11 is 0. The van der Waals surface area contributed by atoms with Gasteiger partial charge in [0.05, 0.1) is 11.8 Å². The molecule has 1 aromatic carbocycles. The fourth-order valence-electron chi connectivity index (χ4n) is 3.77. The predicted molar refractivity (Wildman–Crippen MR) is 89.5 cm³/mol. The molecular weight excluding hydrogens is 308 g/mol. The number of nitrogens with one attached hydrogen (secondary N) is 2. The maximum Gasteiger partial charge on any atom is 0.307 e. The Kier molecular flexibility index (Phi) is 4.13. The molecule has 6 heteroatoms. The third-order valence-corrected chi connectivity index (χ3v) is 4.86. The fraction of sp³-hybridized carbons (Fsp3) is 0.389. The maximum atomic E-state index is 12.6. The molecule has 2 amide bonds. The lowest BCUT2D eigenvalue weighted by atomic mass is 9.82. The van der Waals surface area contributed by atoms with E-state index in [1.54, 1.807) is 18.2 Å². The van der Waals surface area contributed by atoms with Crippen LogP contribution in [0, 0.1) is 30.6 Å². The molecular formula is C18H20N2O4. The van der Waals surface area contributed by atoms with Gasteiger partial charge in [-0.3, -0.25) is 14.4 Å². The van der Waals surface area contributed by atoms with Crippen molar-refractivity contribution in [2.24, 2.45) is 23.7 Å². The average Bonchev–Trinajstić information content (AvgIpc) is 3.10. The number of carbonyl (C=O) groups excluding carboxylic acids is 2. The van der Waals surface area contributed by atoms with Crippen LogP contribution in [-0.4, -0.2) is 22.9 Å². The van der Waals surface area contributed by atoms with E-state index in [4.69, 9.17) is 0 Å². The van der Waals surface area contributed by atoms with Gasteiger partial charge in [-0.05, 0) is 42.9 Å². The zero-order chi connectivity index (χ0) is 17.4. The number of rotatable bonds is 4. The van der Waals surface area contributed by atoms with E-state index in [9.17, 15) is 19.5 Å². The predicted octanol–water partition coefficient (Wildman–Crippen LogP) is 2.41. The second-order valence-corrected chi connectivity index (χ2v) is 6.54. The minimum absolute atomic E-state index is 0.0173. The monoisotopic (exact) mass is 328 g/mol. The van der Waals surface area contributed by atoms with Crippen molar-refractivity contribution in [2.75, 3.05) is 10.6 Å². The SMILES string of the molecule is CC(=O)Nc1cc(NC(=O)[C@H]2[C@@H](C(=O)O)[C@H]3C=C[C@H]2C3)ccc1C. The first-order valence-corrected chi connectivity index (χ1v) is 7.97. The number of hydrogen-bond acceptors (Lipinski definition) is 3. The number of allylic oxidation sites excluding steroid dienone is 2. The molecule has 1 aromatic rings. The summed E-state index contributed by atoms with van der Waals surface area (Å²) in [6, 6.07) is 5.24. The van der Waals surface area contributed by atoms with Crippen molar-refractivity contribution >= 4 is 29.2 Å². The molecule has 6 nitrogen and oxygen atoms in total. The molecule has 0 unspecified atom stereocenters. The Hall–Kier alpha value is -2.63. The number of amides is 2. The highest BCUT2D eigenvalue weighted by atomic mass is 16.4. The molecule has 0 radical (unpaired) electrons. The van der Waals surface area contributed by atoms with Crippen LogP contribution in [0.5, 0.6) is 0 Å². The van der Waals surface area contributed by atoms with Gasteiger partial charge in [0.2, 0.25) is 11.8 Å². The Morgan fingerprint density at radius 3 is 2.38 bits per heavy atom. The highest BCUT2D eigenvalue weighted by Gasteiger charge is 2.51. The topological polar surface area (TPSA) is 95.5 Å². The normalized spacial score (nSPS) is 27.1. The third-order valence-electron chi connectivity index (χ3n) is 4.86. The number of fused-ring (bicyclic) bond motifs is 2. The Labute approximate surface area is 139 Å². The number of carboxylic acids is 1. The highest BCUT2D eigenvalue weighted by Crippen LogP contribution is 2.48. The second-order valence-electron chi connectivity index (χ2n) is 6.54. The molecule has 0 heterocycles. The summed E-state index contributed by atoms with van der Waals surface area (Å²) in [5.74, 6) is -2.69. The van der Waals surface area contributed by atoms with Crippen molar-refractivity contribution in [3.05, 3.63) is 35.9 Å². The molecule has 4 atom stereocenters. The summed E-state index contributed by atoms with van der Waals surface area (Å²) in [5, 5.41) is 15.0. The third kappa shape index (κ3) is 2.91. The van der Waals surface area contributed by atoms with E-state index < -0.39 is 17.8 Å². The lowest BCUT2D eigenvalue weighted by molar-refractivity contribution is -0.146. The van der Waals surface area contributed by atoms with Crippen molar-refractivity contribution in [2.45, 2.75) is 20.3 Å². The molecule has 126 valence electrons. The average molecular weight is 328 g/mol. The molecule has 1 fully saturated rings. The lowest BCUT2D eigenvalue weighted by Gasteiger charge is -2.24. The number of aliphatic carboxylic acids is 1.